The molecular formula is C10H18F2N2O. The van der Waals surface area contributed by atoms with Crippen LogP contribution in [-0.2, 0) is 4.79 Å². The van der Waals surface area contributed by atoms with Crippen LogP contribution in [0.3, 0.4) is 0 Å². The third-order valence-corrected chi connectivity index (χ3v) is 3.02. The lowest BCUT2D eigenvalue weighted by molar-refractivity contribution is -0.134. The van der Waals surface area contributed by atoms with E-state index in [4.69, 9.17) is 5.73 Å². The number of rotatable bonds is 3. The lowest BCUT2D eigenvalue weighted by Crippen LogP contribution is -2.46. The van der Waals surface area contributed by atoms with Crippen molar-refractivity contribution in [3.8, 4) is 0 Å². The van der Waals surface area contributed by atoms with Gasteiger partial charge in [-0.15, -0.1) is 0 Å². The van der Waals surface area contributed by atoms with Gasteiger partial charge in [-0.3, -0.25) is 4.79 Å². The number of hydrogen-bond donors (Lipinski definition) is 1. The van der Waals surface area contributed by atoms with Crippen molar-refractivity contribution in [1.29, 1.82) is 0 Å². The van der Waals surface area contributed by atoms with Crippen molar-refractivity contribution in [2.45, 2.75) is 38.7 Å². The number of carbonyl (C=O) groups excluding carboxylic acids is 1. The average molecular weight is 220 g/mol. The van der Waals surface area contributed by atoms with Crippen LogP contribution in [0.25, 0.3) is 0 Å². The van der Waals surface area contributed by atoms with Gasteiger partial charge in [0.1, 0.15) is 0 Å². The smallest absolute Gasteiger partial charge is 0.267 e. The van der Waals surface area contributed by atoms with E-state index in [2.05, 4.69) is 0 Å². The molecule has 88 valence electrons. The summed E-state index contributed by atoms with van der Waals surface area (Å²) >= 11 is 0. The highest BCUT2D eigenvalue weighted by Gasteiger charge is 2.41. The summed E-state index contributed by atoms with van der Waals surface area (Å²) in [5.74, 6) is -3.04. The Labute approximate surface area is 88.6 Å². The summed E-state index contributed by atoms with van der Waals surface area (Å²) in [6.07, 6.45) is 0.531. The van der Waals surface area contributed by atoms with Crippen molar-refractivity contribution >= 4 is 5.91 Å². The van der Waals surface area contributed by atoms with Crippen molar-refractivity contribution in [3.05, 3.63) is 0 Å². The number of hydrogen-bond acceptors (Lipinski definition) is 2. The Bertz CT molecular complexity index is 246. The van der Waals surface area contributed by atoms with E-state index in [9.17, 15) is 13.6 Å². The Balaban J connectivity index is 2.55. The Morgan fingerprint density at radius 3 is 2.60 bits per heavy atom. The van der Waals surface area contributed by atoms with Gasteiger partial charge in [0.15, 0.2) is 0 Å². The predicted octanol–water partition coefficient (Wildman–Crippen LogP) is 1.23. The lowest BCUT2D eigenvalue weighted by atomic mass is 9.99. The molecule has 15 heavy (non-hydrogen) atoms. The maximum atomic E-state index is 12.9. The van der Waals surface area contributed by atoms with Crippen LogP contribution in [0.4, 0.5) is 8.78 Å². The summed E-state index contributed by atoms with van der Waals surface area (Å²) in [4.78, 5) is 12.9. The number of nitrogens with zero attached hydrogens (tertiary/aromatic N) is 1. The van der Waals surface area contributed by atoms with Crippen LogP contribution in [0.15, 0.2) is 0 Å². The van der Waals surface area contributed by atoms with Crippen molar-refractivity contribution in [3.63, 3.8) is 0 Å². The second kappa shape index (κ2) is 4.43. The number of alkyl halides is 2. The van der Waals surface area contributed by atoms with Gasteiger partial charge in [-0.1, -0.05) is 20.3 Å². The molecule has 1 saturated heterocycles. The van der Waals surface area contributed by atoms with Gasteiger partial charge >= 0.3 is 0 Å². The molecule has 0 aromatic rings. The van der Waals surface area contributed by atoms with Gasteiger partial charge in [-0.2, -0.15) is 0 Å². The van der Waals surface area contributed by atoms with Crippen LogP contribution in [0, 0.1) is 5.92 Å². The van der Waals surface area contributed by atoms with Crippen molar-refractivity contribution < 1.29 is 13.6 Å². The summed E-state index contributed by atoms with van der Waals surface area (Å²) in [7, 11) is 0. The fourth-order valence-corrected chi connectivity index (χ4v) is 1.63. The number of amides is 1. The molecule has 0 aliphatic carbocycles. The summed E-state index contributed by atoms with van der Waals surface area (Å²) in [6, 6.07) is -0.649. The molecule has 1 fully saturated rings. The first kappa shape index (κ1) is 12.4. The minimum atomic E-state index is -2.73. The summed E-state index contributed by atoms with van der Waals surface area (Å²) in [5, 5.41) is 0. The van der Waals surface area contributed by atoms with E-state index in [1.165, 1.54) is 4.90 Å². The van der Waals surface area contributed by atoms with E-state index in [0.717, 1.165) is 6.42 Å². The van der Waals surface area contributed by atoms with Crippen LogP contribution in [-0.4, -0.2) is 35.9 Å². The predicted molar refractivity (Wildman–Crippen MR) is 53.6 cm³/mol. The fraction of sp³-hybridized carbons (Fsp3) is 0.900. The zero-order valence-electron chi connectivity index (χ0n) is 9.17. The second-order valence-corrected chi connectivity index (χ2v) is 4.28. The van der Waals surface area contributed by atoms with E-state index < -0.39 is 18.5 Å². The van der Waals surface area contributed by atoms with Gasteiger partial charge in [0.25, 0.3) is 5.92 Å². The third kappa shape index (κ3) is 2.87. The Morgan fingerprint density at radius 1 is 1.60 bits per heavy atom. The molecule has 1 rings (SSSR count). The molecule has 0 aromatic heterocycles. The maximum absolute atomic E-state index is 12.9. The SMILES string of the molecule is CC[C@H](C)[C@H](N)C(=O)N1CCC(F)(F)C1. The lowest BCUT2D eigenvalue weighted by Gasteiger charge is -2.23. The number of halogens is 2. The first-order chi connectivity index (χ1) is 6.87. The molecule has 1 aliphatic heterocycles. The molecule has 0 radical (unpaired) electrons. The first-order valence-corrected chi connectivity index (χ1v) is 5.29. The summed E-state index contributed by atoms with van der Waals surface area (Å²) < 4.78 is 25.7. The van der Waals surface area contributed by atoms with Crippen molar-refractivity contribution in [1.82, 2.24) is 4.90 Å². The minimum absolute atomic E-state index is 0.0340. The highest BCUT2D eigenvalue weighted by Crippen LogP contribution is 2.27. The van der Waals surface area contributed by atoms with Gasteiger partial charge in [0, 0.05) is 13.0 Å². The van der Waals surface area contributed by atoms with Crippen LogP contribution in [0.1, 0.15) is 26.7 Å². The molecule has 0 bridgehead atoms. The molecule has 0 spiro atoms. The molecule has 2 N–H and O–H groups in total. The van der Waals surface area contributed by atoms with Gasteiger partial charge in [-0.25, -0.2) is 8.78 Å². The normalized spacial score (nSPS) is 23.9. The fourth-order valence-electron chi connectivity index (χ4n) is 1.63. The maximum Gasteiger partial charge on any atom is 0.267 e. The molecule has 0 saturated carbocycles. The zero-order valence-corrected chi connectivity index (χ0v) is 9.17. The Morgan fingerprint density at radius 2 is 2.20 bits per heavy atom. The molecular weight excluding hydrogens is 202 g/mol. The van der Waals surface area contributed by atoms with Crippen LogP contribution < -0.4 is 5.73 Å². The van der Waals surface area contributed by atoms with Crippen LogP contribution in [0.2, 0.25) is 0 Å². The Hall–Kier alpha value is -0.710. The minimum Gasteiger partial charge on any atom is -0.335 e. The molecule has 0 aromatic carbocycles. The third-order valence-electron chi connectivity index (χ3n) is 3.02. The molecule has 5 heteroatoms. The highest BCUT2D eigenvalue weighted by molar-refractivity contribution is 5.82. The van der Waals surface area contributed by atoms with E-state index in [0.29, 0.717) is 0 Å². The monoisotopic (exact) mass is 220 g/mol. The quantitative estimate of drug-likeness (QED) is 0.777. The standard InChI is InChI=1S/C10H18F2N2O/c1-3-7(2)8(13)9(15)14-5-4-10(11,12)6-14/h7-8H,3-6,13H2,1-2H3/t7-,8-/m0/s1. The number of nitrogens with two attached hydrogens (primary N) is 1. The molecule has 1 amide bonds. The molecule has 0 unspecified atom stereocenters. The van der Waals surface area contributed by atoms with E-state index in [-0.39, 0.29) is 24.8 Å². The molecule has 3 nitrogen and oxygen atoms in total. The van der Waals surface area contributed by atoms with Crippen LogP contribution in [0.5, 0.6) is 0 Å². The topological polar surface area (TPSA) is 46.3 Å². The van der Waals surface area contributed by atoms with E-state index in [1.54, 1.807) is 0 Å². The van der Waals surface area contributed by atoms with Crippen molar-refractivity contribution in [2.75, 3.05) is 13.1 Å². The van der Waals surface area contributed by atoms with Gasteiger partial charge in [0.2, 0.25) is 5.91 Å². The first-order valence-electron chi connectivity index (χ1n) is 5.29. The summed E-state index contributed by atoms with van der Waals surface area (Å²) in [6.45, 7) is 3.43. The largest absolute Gasteiger partial charge is 0.335 e. The van der Waals surface area contributed by atoms with Gasteiger partial charge < -0.3 is 10.6 Å². The molecule has 1 heterocycles. The van der Waals surface area contributed by atoms with Crippen LogP contribution >= 0.6 is 0 Å². The van der Waals surface area contributed by atoms with E-state index in [1.807, 2.05) is 13.8 Å². The Kier molecular flexibility index (Phi) is 3.65. The second-order valence-electron chi connectivity index (χ2n) is 4.28. The van der Waals surface area contributed by atoms with Gasteiger partial charge in [-0.05, 0) is 5.92 Å². The number of carbonyl (C=O) groups is 1. The average Bonchev–Trinajstić information content (AvgIpc) is 2.55. The van der Waals surface area contributed by atoms with Gasteiger partial charge in [0.05, 0.1) is 12.6 Å². The summed E-state index contributed by atoms with van der Waals surface area (Å²) in [5.41, 5.74) is 5.70. The molecule has 1 aliphatic rings. The van der Waals surface area contributed by atoms with Crippen molar-refractivity contribution in [2.24, 2.45) is 11.7 Å². The molecule has 2 atom stereocenters. The zero-order chi connectivity index (χ0) is 11.6. The van der Waals surface area contributed by atoms with E-state index >= 15 is 0 Å². The number of likely N-dealkylation sites (tertiary alicyclic amines) is 1. The highest BCUT2D eigenvalue weighted by atomic mass is 19.3.